The van der Waals surface area contributed by atoms with Gasteiger partial charge < -0.3 is 11.5 Å². The van der Waals surface area contributed by atoms with Crippen LogP contribution in [0.15, 0.2) is 4.99 Å². The summed E-state index contributed by atoms with van der Waals surface area (Å²) in [4.78, 5) is 3.95. The van der Waals surface area contributed by atoms with E-state index in [0.717, 1.165) is 11.7 Å². The predicted octanol–water partition coefficient (Wildman–Crippen LogP) is -0.154. The third-order valence-electron chi connectivity index (χ3n) is 1.08. The van der Waals surface area contributed by atoms with Crippen LogP contribution in [0.3, 0.4) is 0 Å². The van der Waals surface area contributed by atoms with Gasteiger partial charge in [-0.15, -0.1) is 0 Å². The smallest absolute Gasteiger partial charge is 0.168 e. The van der Waals surface area contributed by atoms with Crippen LogP contribution in [0, 0.1) is 0 Å². The van der Waals surface area contributed by atoms with Gasteiger partial charge in [-0.2, -0.15) is 8.75 Å². The summed E-state index contributed by atoms with van der Waals surface area (Å²) in [7, 11) is 0. The molecule has 0 fully saturated rings. The SMILES string of the molecule is CCN=C(N)c1nsnc1N. The summed E-state index contributed by atoms with van der Waals surface area (Å²) in [5, 5.41) is 0. The summed E-state index contributed by atoms with van der Waals surface area (Å²) in [5.41, 5.74) is 11.5. The van der Waals surface area contributed by atoms with E-state index >= 15 is 0 Å². The van der Waals surface area contributed by atoms with Crippen molar-refractivity contribution in [1.29, 1.82) is 0 Å². The lowest BCUT2D eigenvalue weighted by Gasteiger charge is -1.93. The van der Waals surface area contributed by atoms with Crippen LogP contribution >= 0.6 is 11.7 Å². The zero-order chi connectivity index (χ0) is 8.27. The molecule has 1 heterocycles. The van der Waals surface area contributed by atoms with E-state index in [1.54, 1.807) is 0 Å². The van der Waals surface area contributed by atoms with Crippen LogP contribution in [0.4, 0.5) is 5.82 Å². The number of anilines is 1. The van der Waals surface area contributed by atoms with E-state index in [0.29, 0.717) is 23.9 Å². The number of aromatic nitrogens is 2. The maximum Gasteiger partial charge on any atom is 0.168 e. The van der Waals surface area contributed by atoms with Crippen molar-refractivity contribution >= 4 is 23.4 Å². The first-order valence-corrected chi connectivity index (χ1v) is 3.87. The summed E-state index contributed by atoms with van der Waals surface area (Å²) in [6, 6.07) is 0. The highest BCUT2D eigenvalue weighted by Gasteiger charge is 2.06. The van der Waals surface area contributed by atoms with E-state index in [2.05, 4.69) is 13.7 Å². The molecule has 0 unspecified atom stereocenters. The molecule has 0 amide bonds. The summed E-state index contributed by atoms with van der Waals surface area (Å²) in [6.45, 7) is 2.52. The molecule has 0 spiro atoms. The number of amidine groups is 1. The van der Waals surface area contributed by atoms with Gasteiger partial charge in [0, 0.05) is 6.54 Å². The van der Waals surface area contributed by atoms with E-state index in [9.17, 15) is 0 Å². The van der Waals surface area contributed by atoms with Gasteiger partial charge in [-0.1, -0.05) is 0 Å². The van der Waals surface area contributed by atoms with E-state index < -0.39 is 0 Å². The van der Waals surface area contributed by atoms with E-state index in [-0.39, 0.29) is 0 Å². The molecule has 1 rings (SSSR count). The maximum atomic E-state index is 5.52. The fraction of sp³-hybridized carbons (Fsp3) is 0.400. The lowest BCUT2D eigenvalue weighted by molar-refractivity contribution is 1.12. The number of nitrogens with zero attached hydrogens (tertiary/aromatic N) is 3. The number of nitrogen functional groups attached to an aromatic ring is 1. The van der Waals surface area contributed by atoms with E-state index in [1.165, 1.54) is 0 Å². The molecule has 4 N–H and O–H groups in total. The minimum atomic E-state index is 0.352. The third-order valence-corrected chi connectivity index (χ3v) is 1.63. The third kappa shape index (κ3) is 1.64. The molecule has 1 aromatic heterocycles. The van der Waals surface area contributed by atoms with Crippen LogP contribution in [0.2, 0.25) is 0 Å². The van der Waals surface area contributed by atoms with Crippen molar-refractivity contribution in [2.75, 3.05) is 12.3 Å². The van der Waals surface area contributed by atoms with Crippen molar-refractivity contribution in [3.63, 3.8) is 0 Å². The Bertz CT molecular complexity index is 266. The van der Waals surface area contributed by atoms with Crippen molar-refractivity contribution in [2.45, 2.75) is 6.92 Å². The molecule has 11 heavy (non-hydrogen) atoms. The summed E-state index contributed by atoms with van der Waals surface area (Å²) < 4.78 is 7.65. The van der Waals surface area contributed by atoms with Crippen molar-refractivity contribution in [2.24, 2.45) is 10.7 Å². The molecule has 0 aromatic carbocycles. The van der Waals surface area contributed by atoms with Crippen LogP contribution in [0.5, 0.6) is 0 Å². The Morgan fingerprint density at radius 1 is 1.64 bits per heavy atom. The number of hydrogen-bond donors (Lipinski definition) is 2. The quantitative estimate of drug-likeness (QED) is 0.478. The summed E-state index contributed by atoms with van der Waals surface area (Å²) in [5.74, 6) is 0.712. The largest absolute Gasteiger partial charge is 0.382 e. The molecule has 0 saturated heterocycles. The molecular formula is C5H9N5S. The number of nitrogens with two attached hydrogens (primary N) is 2. The second-order valence-corrected chi connectivity index (χ2v) is 2.39. The Hall–Kier alpha value is -1.17. The minimum Gasteiger partial charge on any atom is -0.382 e. The second kappa shape index (κ2) is 3.29. The standard InChI is InChI=1S/C5H9N5S/c1-2-8-4(6)3-5(7)10-11-9-3/h2H2,1H3,(H2,6,8)(H2,7,10). The van der Waals surface area contributed by atoms with Gasteiger partial charge in [0.25, 0.3) is 0 Å². The molecule has 0 aliphatic carbocycles. The first-order chi connectivity index (χ1) is 5.25. The molecule has 60 valence electrons. The van der Waals surface area contributed by atoms with E-state index in [4.69, 9.17) is 11.5 Å². The predicted molar refractivity (Wildman–Crippen MR) is 45.6 cm³/mol. The molecule has 0 radical (unpaired) electrons. The van der Waals surface area contributed by atoms with Gasteiger partial charge >= 0.3 is 0 Å². The molecule has 0 bridgehead atoms. The molecule has 6 heteroatoms. The number of rotatable bonds is 2. The summed E-state index contributed by atoms with van der Waals surface area (Å²) in [6.07, 6.45) is 0. The highest BCUT2D eigenvalue weighted by molar-refractivity contribution is 6.99. The van der Waals surface area contributed by atoms with Crippen molar-refractivity contribution < 1.29 is 0 Å². The zero-order valence-electron chi connectivity index (χ0n) is 6.11. The van der Waals surface area contributed by atoms with Gasteiger partial charge in [-0.25, -0.2) is 0 Å². The molecule has 0 aliphatic rings. The second-order valence-electron chi connectivity index (χ2n) is 1.86. The molecule has 0 saturated carbocycles. The van der Waals surface area contributed by atoms with Crippen molar-refractivity contribution in [3.8, 4) is 0 Å². The monoisotopic (exact) mass is 171 g/mol. The Balaban J connectivity index is 2.92. The Labute approximate surface area is 68.5 Å². The lowest BCUT2D eigenvalue weighted by Crippen LogP contribution is -2.15. The Morgan fingerprint density at radius 3 is 2.82 bits per heavy atom. The first kappa shape index (κ1) is 7.93. The van der Waals surface area contributed by atoms with Crippen LogP contribution < -0.4 is 11.5 Å². The van der Waals surface area contributed by atoms with Crippen LogP contribution in [-0.4, -0.2) is 21.1 Å². The Morgan fingerprint density at radius 2 is 2.36 bits per heavy atom. The average molecular weight is 171 g/mol. The number of hydrogen-bond acceptors (Lipinski definition) is 5. The van der Waals surface area contributed by atoms with Gasteiger partial charge in [0.05, 0.1) is 11.7 Å². The van der Waals surface area contributed by atoms with Crippen LogP contribution in [-0.2, 0) is 0 Å². The Kier molecular flexibility index (Phi) is 2.37. The van der Waals surface area contributed by atoms with Gasteiger partial charge in [0.15, 0.2) is 11.5 Å². The fourth-order valence-corrected chi connectivity index (χ4v) is 1.10. The summed E-state index contributed by atoms with van der Waals surface area (Å²) >= 11 is 1.03. The normalized spacial score (nSPS) is 11.9. The zero-order valence-corrected chi connectivity index (χ0v) is 6.93. The molecular weight excluding hydrogens is 162 g/mol. The van der Waals surface area contributed by atoms with Crippen LogP contribution in [0.25, 0.3) is 0 Å². The highest BCUT2D eigenvalue weighted by Crippen LogP contribution is 2.06. The average Bonchev–Trinajstić information content (AvgIpc) is 2.36. The van der Waals surface area contributed by atoms with Gasteiger partial charge in [-0.05, 0) is 6.92 Å². The topological polar surface area (TPSA) is 90.2 Å². The minimum absolute atomic E-state index is 0.352. The van der Waals surface area contributed by atoms with E-state index in [1.807, 2.05) is 6.92 Å². The van der Waals surface area contributed by atoms with Gasteiger partial charge in [0.1, 0.15) is 5.84 Å². The van der Waals surface area contributed by atoms with Gasteiger partial charge in [0.2, 0.25) is 0 Å². The lowest BCUT2D eigenvalue weighted by atomic mass is 10.4. The highest BCUT2D eigenvalue weighted by atomic mass is 32.1. The van der Waals surface area contributed by atoms with Crippen LogP contribution in [0.1, 0.15) is 12.6 Å². The first-order valence-electron chi connectivity index (χ1n) is 3.14. The maximum absolute atomic E-state index is 5.52. The molecule has 1 aromatic rings. The molecule has 0 aliphatic heterocycles. The molecule has 0 atom stereocenters. The number of aliphatic imine (C=N–C) groups is 1. The van der Waals surface area contributed by atoms with Crippen molar-refractivity contribution in [1.82, 2.24) is 8.75 Å². The van der Waals surface area contributed by atoms with Crippen molar-refractivity contribution in [3.05, 3.63) is 5.69 Å². The molecule has 5 nitrogen and oxygen atoms in total. The van der Waals surface area contributed by atoms with Gasteiger partial charge in [-0.3, -0.25) is 4.99 Å². The fourth-order valence-electron chi connectivity index (χ4n) is 0.618.